The van der Waals surface area contributed by atoms with E-state index < -0.39 is 6.10 Å². The second-order valence-electron chi connectivity index (χ2n) is 4.61. The van der Waals surface area contributed by atoms with E-state index in [1.54, 1.807) is 7.11 Å². The lowest BCUT2D eigenvalue weighted by Gasteiger charge is -2.14. The second-order valence-corrected chi connectivity index (χ2v) is 4.61. The van der Waals surface area contributed by atoms with Gasteiger partial charge in [-0.25, -0.2) is 0 Å². The van der Waals surface area contributed by atoms with Crippen molar-refractivity contribution in [3.63, 3.8) is 0 Å². The molecule has 0 heterocycles. The van der Waals surface area contributed by atoms with Crippen LogP contribution in [0.3, 0.4) is 0 Å². The molecule has 2 rings (SSSR count). The number of hydrogen-bond donors (Lipinski definition) is 1. The van der Waals surface area contributed by atoms with E-state index in [0.29, 0.717) is 24.5 Å². The summed E-state index contributed by atoms with van der Waals surface area (Å²) in [6.45, 7) is 2.43. The van der Waals surface area contributed by atoms with Gasteiger partial charge in [0.1, 0.15) is 6.61 Å². The molecule has 0 saturated carbocycles. The summed E-state index contributed by atoms with van der Waals surface area (Å²) in [4.78, 5) is 0. The van der Waals surface area contributed by atoms with Crippen LogP contribution in [-0.4, -0.2) is 12.2 Å². The Hall–Kier alpha value is -2.00. The second kappa shape index (κ2) is 6.96. The molecule has 0 unspecified atom stereocenters. The van der Waals surface area contributed by atoms with Crippen molar-refractivity contribution in [1.82, 2.24) is 0 Å². The number of methoxy groups -OCH3 is 1. The maximum absolute atomic E-state index is 9.85. The molecule has 106 valence electrons. The maximum atomic E-state index is 9.85. The van der Waals surface area contributed by atoms with Gasteiger partial charge in [-0.2, -0.15) is 0 Å². The van der Waals surface area contributed by atoms with Crippen molar-refractivity contribution in [2.45, 2.75) is 26.1 Å². The van der Waals surface area contributed by atoms with E-state index in [4.69, 9.17) is 9.47 Å². The predicted octanol–water partition coefficient (Wildman–Crippen LogP) is 3.72. The lowest BCUT2D eigenvalue weighted by atomic mass is 10.1. The van der Waals surface area contributed by atoms with Crippen LogP contribution in [0.1, 0.15) is 30.6 Å². The minimum atomic E-state index is -0.466. The molecule has 0 spiro atoms. The molecular weight excluding hydrogens is 252 g/mol. The van der Waals surface area contributed by atoms with E-state index in [0.717, 1.165) is 11.1 Å². The first kappa shape index (κ1) is 14.4. The molecular formula is C17H20O3. The van der Waals surface area contributed by atoms with E-state index in [2.05, 4.69) is 0 Å². The molecule has 1 atom stereocenters. The van der Waals surface area contributed by atoms with Crippen LogP contribution in [0.4, 0.5) is 0 Å². The summed E-state index contributed by atoms with van der Waals surface area (Å²) in [6.07, 6.45) is 0.208. The number of aliphatic hydroxyl groups is 1. The Morgan fingerprint density at radius 2 is 1.80 bits per heavy atom. The molecule has 0 bridgehead atoms. The highest BCUT2D eigenvalue weighted by atomic mass is 16.5. The quantitative estimate of drug-likeness (QED) is 0.871. The van der Waals surface area contributed by atoms with E-state index in [-0.39, 0.29) is 0 Å². The fraction of sp³-hybridized carbons (Fsp3) is 0.294. The van der Waals surface area contributed by atoms with Gasteiger partial charge in [0.25, 0.3) is 0 Å². The third-order valence-corrected chi connectivity index (χ3v) is 3.20. The average Bonchev–Trinajstić information content (AvgIpc) is 2.53. The van der Waals surface area contributed by atoms with Crippen LogP contribution in [-0.2, 0) is 6.61 Å². The lowest BCUT2D eigenvalue weighted by molar-refractivity contribution is 0.173. The third kappa shape index (κ3) is 3.52. The van der Waals surface area contributed by atoms with Gasteiger partial charge in [0.2, 0.25) is 0 Å². The van der Waals surface area contributed by atoms with Crippen LogP contribution < -0.4 is 9.47 Å². The highest BCUT2D eigenvalue weighted by Crippen LogP contribution is 2.31. The molecule has 3 nitrogen and oxygen atoms in total. The third-order valence-electron chi connectivity index (χ3n) is 3.20. The fourth-order valence-electron chi connectivity index (χ4n) is 1.98. The van der Waals surface area contributed by atoms with Gasteiger partial charge in [-0.05, 0) is 29.7 Å². The minimum Gasteiger partial charge on any atom is -0.493 e. The highest BCUT2D eigenvalue weighted by molar-refractivity contribution is 5.43. The zero-order valence-corrected chi connectivity index (χ0v) is 11.9. The Labute approximate surface area is 119 Å². The molecule has 0 aliphatic rings. The van der Waals surface area contributed by atoms with Crippen LogP contribution >= 0.6 is 0 Å². The molecule has 2 aromatic carbocycles. The summed E-state index contributed by atoms with van der Waals surface area (Å²) < 4.78 is 11.1. The maximum Gasteiger partial charge on any atom is 0.161 e. The van der Waals surface area contributed by atoms with Crippen molar-refractivity contribution < 1.29 is 14.6 Å². The molecule has 0 aliphatic carbocycles. The summed E-state index contributed by atoms with van der Waals surface area (Å²) in [5.41, 5.74) is 1.95. The van der Waals surface area contributed by atoms with Gasteiger partial charge in [0.15, 0.2) is 11.5 Å². The Morgan fingerprint density at radius 3 is 2.45 bits per heavy atom. The first-order valence-corrected chi connectivity index (χ1v) is 6.77. The van der Waals surface area contributed by atoms with Gasteiger partial charge in [-0.3, -0.25) is 0 Å². The Balaban J connectivity index is 2.11. The number of aliphatic hydroxyl groups excluding tert-OH is 1. The van der Waals surface area contributed by atoms with Gasteiger partial charge in [0, 0.05) is 0 Å². The van der Waals surface area contributed by atoms with Crippen molar-refractivity contribution in [2.24, 2.45) is 0 Å². The van der Waals surface area contributed by atoms with Gasteiger partial charge in [-0.15, -0.1) is 0 Å². The van der Waals surface area contributed by atoms with Crippen LogP contribution in [0.5, 0.6) is 11.5 Å². The van der Waals surface area contributed by atoms with E-state index in [9.17, 15) is 5.11 Å². The standard InChI is InChI=1S/C17H20O3/c1-3-15(18)14-9-10-16(17(11-14)19-2)20-12-13-7-5-4-6-8-13/h4-11,15,18H,3,12H2,1-2H3/t15-/m0/s1. The first-order chi connectivity index (χ1) is 9.74. The summed E-state index contributed by atoms with van der Waals surface area (Å²) in [7, 11) is 1.60. The summed E-state index contributed by atoms with van der Waals surface area (Å²) >= 11 is 0. The van der Waals surface area contributed by atoms with Crippen molar-refractivity contribution >= 4 is 0 Å². The molecule has 2 aromatic rings. The Morgan fingerprint density at radius 1 is 1.05 bits per heavy atom. The Kier molecular flexibility index (Phi) is 5.02. The normalized spacial score (nSPS) is 11.9. The van der Waals surface area contributed by atoms with Gasteiger partial charge >= 0.3 is 0 Å². The SMILES string of the molecule is CC[C@H](O)c1ccc(OCc2ccccc2)c(OC)c1. The minimum absolute atomic E-state index is 0.466. The van der Waals surface area contributed by atoms with Crippen molar-refractivity contribution in [3.05, 3.63) is 59.7 Å². The molecule has 0 aromatic heterocycles. The number of hydrogen-bond acceptors (Lipinski definition) is 3. The van der Waals surface area contributed by atoms with Crippen molar-refractivity contribution in [2.75, 3.05) is 7.11 Å². The molecule has 0 radical (unpaired) electrons. The number of ether oxygens (including phenoxy) is 2. The van der Waals surface area contributed by atoms with Gasteiger partial charge < -0.3 is 14.6 Å². The average molecular weight is 272 g/mol. The monoisotopic (exact) mass is 272 g/mol. The molecule has 0 aliphatic heterocycles. The topological polar surface area (TPSA) is 38.7 Å². The molecule has 0 saturated heterocycles. The Bertz CT molecular complexity index is 537. The molecule has 3 heteroatoms. The van der Waals surface area contributed by atoms with Crippen LogP contribution in [0.25, 0.3) is 0 Å². The number of rotatable bonds is 6. The van der Waals surface area contributed by atoms with Gasteiger partial charge in [0.05, 0.1) is 13.2 Å². The lowest BCUT2D eigenvalue weighted by Crippen LogP contribution is -2.00. The molecule has 0 amide bonds. The van der Waals surface area contributed by atoms with Crippen LogP contribution in [0, 0.1) is 0 Å². The predicted molar refractivity (Wildman–Crippen MR) is 79.0 cm³/mol. The highest BCUT2D eigenvalue weighted by Gasteiger charge is 2.10. The van der Waals surface area contributed by atoms with Crippen molar-refractivity contribution in [1.29, 1.82) is 0 Å². The van der Waals surface area contributed by atoms with E-state index in [1.807, 2.05) is 55.5 Å². The zero-order chi connectivity index (χ0) is 14.4. The largest absolute Gasteiger partial charge is 0.493 e. The molecule has 20 heavy (non-hydrogen) atoms. The fourth-order valence-corrected chi connectivity index (χ4v) is 1.98. The first-order valence-electron chi connectivity index (χ1n) is 6.77. The zero-order valence-electron chi connectivity index (χ0n) is 11.9. The van der Waals surface area contributed by atoms with Crippen LogP contribution in [0.15, 0.2) is 48.5 Å². The van der Waals surface area contributed by atoms with Gasteiger partial charge in [-0.1, -0.05) is 43.3 Å². The molecule has 0 fully saturated rings. The molecule has 1 N–H and O–H groups in total. The summed E-state index contributed by atoms with van der Waals surface area (Å²) in [6, 6.07) is 15.5. The smallest absolute Gasteiger partial charge is 0.161 e. The van der Waals surface area contributed by atoms with Crippen LogP contribution in [0.2, 0.25) is 0 Å². The van der Waals surface area contributed by atoms with E-state index in [1.165, 1.54) is 0 Å². The van der Waals surface area contributed by atoms with Crippen molar-refractivity contribution in [3.8, 4) is 11.5 Å². The van der Waals surface area contributed by atoms with E-state index >= 15 is 0 Å². The summed E-state index contributed by atoms with van der Waals surface area (Å²) in [5, 5.41) is 9.85. The number of benzene rings is 2. The summed E-state index contributed by atoms with van der Waals surface area (Å²) in [5.74, 6) is 1.33.